The minimum Gasteiger partial charge on any atom is -0.501 e. The second-order valence-electron chi connectivity index (χ2n) is 3.97. The van der Waals surface area contributed by atoms with E-state index >= 15 is 0 Å². The summed E-state index contributed by atoms with van der Waals surface area (Å²) in [5.74, 6) is 0.839. The maximum atomic E-state index is 11.3. The Morgan fingerprint density at radius 2 is 1.50 bits per heavy atom. The molecule has 1 rings (SSSR count). The monoisotopic (exact) mass is 226 g/mol. The maximum Gasteiger partial charge on any atom is 0.308 e. The minimum atomic E-state index is -0.442. The smallest absolute Gasteiger partial charge is 0.308 e. The molecule has 0 aromatic heterocycles. The van der Waals surface area contributed by atoms with Gasteiger partial charge in [-0.1, -0.05) is 13.2 Å². The van der Waals surface area contributed by atoms with E-state index in [2.05, 4.69) is 13.2 Å². The van der Waals surface area contributed by atoms with Crippen LogP contribution in [0, 0.1) is 11.3 Å². The van der Waals surface area contributed by atoms with Gasteiger partial charge >= 0.3 is 5.97 Å². The molecule has 1 fully saturated rings. The molecule has 0 aromatic rings. The number of hydrogen-bond donors (Lipinski definition) is 0. The summed E-state index contributed by atoms with van der Waals surface area (Å²) in [5.41, 5.74) is -0.442. The van der Waals surface area contributed by atoms with Crippen molar-refractivity contribution in [3.63, 3.8) is 0 Å². The molecule has 90 valence electrons. The van der Waals surface area contributed by atoms with Crippen molar-refractivity contribution in [1.29, 1.82) is 0 Å². The van der Waals surface area contributed by atoms with Crippen molar-refractivity contribution < 1.29 is 19.0 Å². The van der Waals surface area contributed by atoms with Crippen LogP contribution in [0.25, 0.3) is 0 Å². The molecule has 0 unspecified atom stereocenters. The lowest BCUT2D eigenvalue weighted by Gasteiger charge is -2.46. The molecule has 0 aromatic carbocycles. The summed E-state index contributed by atoms with van der Waals surface area (Å²) in [5, 5.41) is 0. The molecule has 0 aliphatic heterocycles. The van der Waals surface area contributed by atoms with Crippen LogP contribution in [-0.4, -0.2) is 27.3 Å². The third kappa shape index (κ3) is 1.79. The van der Waals surface area contributed by atoms with Gasteiger partial charge in [0.1, 0.15) is 11.5 Å². The van der Waals surface area contributed by atoms with Gasteiger partial charge in [0.05, 0.1) is 32.7 Å². The molecule has 4 nitrogen and oxygen atoms in total. The highest BCUT2D eigenvalue weighted by Gasteiger charge is 2.53. The van der Waals surface area contributed by atoms with Gasteiger partial charge in [0.25, 0.3) is 0 Å². The van der Waals surface area contributed by atoms with Gasteiger partial charge in [-0.3, -0.25) is 4.79 Å². The van der Waals surface area contributed by atoms with Crippen molar-refractivity contribution in [2.75, 3.05) is 21.3 Å². The Kier molecular flexibility index (Phi) is 3.62. The predicted octanol–water partition coefficient (Wildman–Crippen LogP) is 1.88. The number of rotatable bonds is 5. The van der Waals surface area contributed by atoms with Gasteiger partial charge in [-0.15, -0.1) is 0 Å². The maximum absolute atomic E-state index is 11.3. The molecule has 4 heteroatoms. The lowest BCUT2D eigenvalue weighted by atomic mass is 9.60. The van der Waals surface area contributed by atoms with E-state index in [1.165, 1.54) is 7.11 Å². The molecule has 0 bridgehead atoms. The third-order valence-corrected chi connectivity index (χ3v) is 3.28. The second-order valence-corrected chi connectivity index (χ2v) is 3.97. The van der Waals surface area contributed by atoms with Gasteiger partial charge in [-0.2, -0.15) is 0 Å². The average Bonchev–Trinajstić information content (AvgIpc) is 2.26. The Labute approximate surface area is 95.9 Å². The molecule has 0 atom stereocenters. The molecule has 0 heterocycles. The molecular formula is C12H18O4. The SMILES string of the molecule is C=C(OC)C1(C(=C)OC)CC(C(=O)OC)C1. The summed E-state index contributed by atoms with van der Waals surface area (Å²) in [6, 6.07) is 0. The summed E-state index contributed by atoms with van der Waals surface area (Å²) in [6.07, 6.45) is 1.16. The third-order valence-electron chi connectivity index (χ3n) is 3.28. The van der Waals surface area contributed by atoms with E-state index in [0.717, 1.165) is 0 Å². The van der Waals surface area contributed by atoms with Crippen LogP contribution in [0.3, 0.4) is 0 Å². The van der Waals surface area contributed by atoms with E-state index in [1.54, 1.807) is 14.2 Å². The van der Waals surface area contributed by atoms with E-state index in [4.69, 9.17) is 14.2 Å². The number of methoxy groups -OCH3 is 3. The highest BCUT2D eigenvalue weighted by molar-refractivity contribution is 5.74. The standard InChI is InChI=1S/C12H18O4/c1-8(14-3)12(9(2)15-4)6-10(7-12)11(13)16-5/h10H,1-2,6-7H2,3-5H3. The van der Waals surface area contributed by atoms with Gasteiger partial charge in [-0.05, 0) is 12.8 Å². The predicted molar refractivity (Wildman–Crippen MR) is 59.5 cm³/mol. The van der Waals surface area contributed by atoms with E-state index in [0.29, 0.717) is 24.4 Å². The summed E-state index contributed by atoms with van der Waals surface area (Å²) >= 11 is 0. The summed E-state index contributed by atoms with van der Waals surface area (Å²) in [4.78, 5) is 11.3. The fourth-order valence-electron chi connectivity index (χ4n) is 2.12. The largest absolute Gasteiger partial charge is 0.501 e. The Hall–Kier alpha value is -1.45. The van der Waals surface area contributed by atoms with Crippen molar-refractivity contribution >= 4 is 5.97 Å². The first-order chi connectivity index (χ1) is 7.51. The first kappa shape index (κ1) is 12.6. The number of carbonyl (C=O) groups is 1. The molecule has 0 amide bonds. The number of ether oxygens (including phenoxy) is 3. The summed E-state index contributed by atoms with van der Waals surface area (Å²) in [6.45, 7) is 7.68. The second kappa shape index (κ2) is 4.60. The van der Waals surface area contributed by atoms with Crippen LogP contribution in [-0.2, 0) is 19.0 Å². The molecular weight excluding hydrogens is 208 g/mol. The van der Waals surface area contributed by atoms with Crippen LogP contribution in [0.1, 0.15) is 12.8 Å². The van der Waals surface area contributed by atoms with Gasteiger partial charge < -0.3 is 14.2 Å². The summed E-state index contributed by atoms with van der Waals surface area (Å²) in [7, 11) is 4.50. The highest BCUT2D eigenvalue weighted by atomic mass is 16.5. The van der Waals surface area contributed by atoms with Crippen LogP contribution in [0.4, 0.5) is 0 Å². The zero-order valence-electron chi connectivity index (χ0n) is 10.0. The molecule has 0 spiro atoms. The molecule has 0 radical (unpaired) electrons. The van der Waals surface area contributed by atoms with Crippen molar-refractivity contribution in [3.05, 3.63) is 24.7 Å². The fourth-order valence-corrected chi connectivity index (χ4v) is 2.12. The minimum absolute atomic E-state index is 0.121. The Bertz CT molecular complexity index is 295. The topological polar surface area (TPSA) is 44.8 Å². The Morgan fingerprint density at radius 3 is 1.81 bits per heavy atom. The van der Waals surface area contributed by atoms with E-state index in [-0.39, 0.29) is 11.9 Å². The molecule has 1 saturated carbocycles. The zero-order chi connectivity index (χ0) is 12.3. The van der Waals surface area contributed by atoms with Crippen molar-refractivity contribution in [3.8, 4) is 0 Å². The van der Waals surface area contributed by atoms with Gasteiger partial charge in [0.2, 0.25) is 0 Å². The molecule has 16 heavy (non-hydrogen) atoms. The highest BCUT2D eigenvalue weighted by Crippen LogP contribution is 2.55. The van der Waals surface area contributed by atoms with Crippen LogP contribution in [0.15, 0.2) is 24.7 Å². The van der Waals surface area contributed by atoms with Crippen molar-refractivity contribution in [2.24, 2.45) is 11.3 Å². The first-order valence-corrected chi connectivity index (χ1v) is 5.06. The summed E-state index contributed by atoms with van der Waals surface area (Å²) < 4.78 is 15.0. The van der Waals surface area contributed by atoms with E-state index in [1.807, 2.05) is 0 Å². The quantitative estimate of drug-likeness (QED) is 0.530. The molecule has 0 saturated heterocycles. The lowest BCUT2D eigenvalue weighted by Crippen LogP contribution is -2.44. The van der Waals surface area contributed by atoms with Gasteiger partial charge in [0.15, 0.2) is 0 Å². The van der Waals surface area contributed by atoms with Crippen LogP contribution >= 0.6 is 0 Å². The Balaban J connectivity index is 2.77. The zero-order valence-corrected chi connectivity index (χ0v) is 10.0. The lowest BCUT2D eigenvalue weighted by molar-refractivity contribution is -0.153. The number of esters is 1. The van der Waals surface area contributed by atoms with Crippen LogP contribution in [0.5, 0.6) is 0 Å². The molecule has 0 N–H and O–H groups in total. The number of hydrogen-bond acceptors (Lipinski definition) is 4. The van der Waals surface area contributed by atoms with Gasteiger partial charge in [0, 0.05) is 0 Å². The molecule has 1 aliphatic carbocycles. The van der Waals surface area contributed by atoms with Crippen molar-refractivity contribution in [2.45, 2.75) is 12.8 Å². The molecule has 1 aliphatic rings. The normalized spacial score (nSPS) is 18.2. The Morgan fingerprint density at radius 1 is 1.06 bits per heavy atom. The first-order valence-electron chi connectivity index (χ1n) is 5.06. The average molecular weight is 226 g/mol. The van der Waals surface area contributed by atoms with Gasteiger partial charge in [-0.25, -0.2) is 0 Å². The van der Waals surface area contributed by atoms with E-state index < -0.39 is 5.41 Å². The fraction of sp³-hybridized carbons (Fsp3) is 0.583. The van der Waals surface area contributed by atoms with E-state index in [9.17, 15) is 4.79 Å². The van der Waals surface area contributed by atoms with Crippen molar-refractivity contribution in [1.82, 2.24) is 0 Å². The van der Waals surface area contributed by atoms with Crippen LogP contribution in [0.2, 0.25) is 0 Å². The number of carbonyl (C=O) groups excluding carboxylic acids is 1. The van der Waals surface area contributed by atoms with Crippen LogP contribution < -0.4 is 0 Å².